The Morgan fingerprint density at radius 3 is 2.45 bits per heavy atom. The topological polar surface area (TPSA) is 207 Å². The molecule has 64 heavy (non-hydrogen) atoms. The first-order valence-electron chi connectivity index (χ1n) is 22.6. The van der Waals surface area contributed by atoms with E-state index in [0.29, 0.717) is 50.7 Å². The summed E-state index contributed by atoms with van der Waals surface area (Å²) in [5.74, 6) is 1.40. The van der Waals surface area contributed by atoms with Crippen LogP contribution in [0.3, 0.4) is 0 Å². The second-order valence-corrected chi connectivity index (χ2v) is 18.3. The molecular weight excluding hydrogens is 817 g/mol. The van der Waals surface area contributed by atoms with Crippen LogP contribution >= 0.6 is 0 Å². The summed E-state index contributed by atoms with van der Waals surface area (Å²) in [7, 11) is 1.30. The number of nitrogens with two attached hydrogens (primary N) is 1. The molecule has 3 aromatic carbocycles. The summed E-state index contributed by atoms with van der Waals surface area (Å²) in [6.07, 6.45) is 5.27. The van der Waals surface area contributed by atoms with E-state index >= 15 is 0 Å². The number of hydrogen-bond acceptors (Lipinski definition) is 10. The minimum Gasteiger partial charge on any atom is -0.488 e. The summed E-state index contributed by atoms with van der Waals surface area (Å²) in [6.45, 7) is 11.0. The molecule has 4 aliphatic heterocycles. The van der Waals surface area contributed by atoms with Gasteiger partial charge in [0, 0.05) is 42.2 Å². The van der Waals surface area contributed by atoms with Gasteiger partial charge in [-0.25, -0.2) is 19.6 Å². The van der Waals surface area contributed by atoms with Crippen molar-refractivity contribution in [1.82, 2.24) is 35.1 Å². The third-order valence-electron chi connectivity index (χ3n) is 14.2. The average Bonchev–Trinajstić information content (AvgIpc) is 4.12. The molecule has 338 valence electrons. The van der Waals surface area contributed by atoms with E-state index in [-0.39, 0.29) is 47.8 Å². The third kappa shape index (κ3) is 7.58. The van der Waals surface area contributed by atoms with Gasteiger partial charge in [0.05, 0.1) is 42.1 Å². The van der Waals surface area contributed by atoms with Crippen LogP contribution in [-0.4, -0.2) is 97.8 Å². The number of alkyl carbamates (subject to hydrolysis) is 1. The highest BCUT2D eigenvalue weighted by Crippen LogP contribution is 2.45. The number of carbonyl (C=O) groups is 4. The number of imidazole rings is 2. The minimum atomic E-state index is -1.43. The molecule has 2 unspecified atom stereocenters. The molecule has 6 heterocycles. The molecule has 16 nitrogen and oxygen atoms in total. The van der Waals surface area contributed by atoms with E-state index in [1.54, 1.807) is 6.92 Å². The number of fused-ring (bicyclic) bond motifs is 6. The molecule has 0 aliphatic carbocycles. The molecule has 3 saturated heterocycles. The van der Waals surface area contributed by atoms with Gasteiger partial charge in [0.15, 0.2) is 5.60 Å². The fourth-order valence-electron chi connectivity index (χ4n) is 10.6. The number of H-pyrrole nitrogens is 2. The quantitative estimate of drug-likeness (QED) is 0.107. The molecule has 6 atom stereocenters. The zero-order chi connectivity index (χ0) is 45.0. The van der Waals surface area contributed by atoms with Gasteiger partial charge >= 0.3 is 12.2 Å². The Bertz CT molecular complexity index is 2620. The number of methoxy groups -OCH3 is 1. The van der Waals surface area contributed by atoms with Gasteiger partial charge in [0.25, 0.3) is 5.91 Å². The summed E-state index contributed by atoms with van der Waals surface area (Å²) in [5, 5.41) is 4.68. The molecule has 0 spiro atoms. The molecule has 4 aliphatic rings. The number of nitrogens with one attached hydrogen (secondary N) is 3. The van der Waals surface area contributed by atoms with E-state index in [1.165, 1.54) is 7.11 Å². The molecule has 9 rings (SSSR count). The van der Waals surface area contributed by atoms with Crippen LogP contribution in [0.15, 0.2) is 48.7 Å². The number of carbonyl (C=O) groups excluding carboxylic acids is 4. The molecule has 5 N–H and O–H groups in total. The van der Waals surface area contributed by atoms with Gasteiger partial charge in [-0.2, -0.15) is 0 Å². The number of benzene rings is 3. The first-order valence-corrected chi connectivity index (χ1v) is 22.6. The Balaban J connectivity index is 0.975. The highest BCUT2D eigenvalue weighted by molar-refractivity contribution is 6.07. The molecule has 0 radical (unpaired) electrons. The Morgan fingerprint density at radius 2 is 1.72 bits per heavy atom. The fraction of sp³-hybridized carbons (Fsp3) is 0.500. The van der Waals surface area contributed by atoms with Crippen molar-refractivity contribution in [2.24, 2.45) is 17.6 Å². The minimum absolute atomic E-state index is 0.0299. The Hall–Kier alpha value is -6.16. The molecule has 5 aromatic rings. The van der Waals surface area contributed by atoms with Crippen molar-refractivity contribution in [2.45, 2.75) is 122 Å². The van der Waals surface area contributed by atoms with E-state index in [4.69, 9.17) is 34.6 Å². The standard InChI is InChI=1S/C48H58N8O8/c1-7-31-11-15-37(56(31)44(57)40(25(2)3)54-47(60)61-6)42-50-23-36(52-42)28-9-12-32-29(20-28)24-63-39-22-33-27(21-34(32)39)10-13-35-41(33)53-43(51-35)38-14-8-26(4)55(38)45(58)48(5,64-46(49)59)30-16-18-62-19-17-30/h9-10,12-13,20-23,25-26,30-31,37-38,40H,7-8,11,14-19,24H2,1-6H3,(H2,49,59)(H,50,52)(H,51,53)(H,54,60)/t26-,31-,37-,38-,40?,48?/m0/s1. The predicted octanol–water partition coefficient (Wildman–Crippen LogP) is 7.82. The first kappa shape index (κ1) is 43.1. The van der Waals surface area contributed by atoms with Crippen LogP contribution in [0.2, 0.25) is 0 Å². The van der Waals surface area contributed by atoms with E-state index in [1.807, 2.05) is 42.8 Å². The maximum absolute atomic E-state index is 14.5. The van der Waals surface area contributed by atoms with Crippen LogP contribution in [0.25, 0.3) is 44.2 Å². The van der Waals surface area contributed by atoms with E-state index in [2.05, 4.69) is 58.6 Å². The summed E-state index contributed by atoms with van der Waals surface area (Å²) < 4.78 is 22.5. The van der Waals surface area contributed by atoms with Crippen molar-refractivity contribution in [3.63, 3.8) is 0 Å². The number of likely N-dealkylation sites (tertiary alicyclic amines) is 2. The van der Waals surface area contributed by atoms with Crippen LogP contribution in [-0.2, 0) is 30.4 Å². The second-order valence-electron chi connectivity index (χ2n) is 18.3. The first-order chi connectivity index (χ1) is 30.8. The lowest BCUT2D eigenvalue weighted by Crippen LogP contribution is -2.57. The van der Waals surface area contributed by atoms with Crippen molar-refractivity contribution in [1.29, 1.82) is 0 Å². The largest absolute Gasteiger partial charge is 0.488 e. The Kier molecular flexibility index (Phi) is 11.5. The summed E-state index contributed by atoms with van der Waals surface area (Å²) in [5.41, 5.74) is 10.7. The number of aromatic nitrogens is 4. The van der Waals surface area contributed by atoms with E-state index in [9.17, 15) is 19.2 Å². The summed E-state index contributed by atoms with van der Waals surface area (Å²) in [4.78, 5) is 73.7. The molecule has 3 fully saturated rings. The van der Waals surface area contributed by atoms with Gasteiger partial charge in [-0.15, -0.1) is 0 Å². The molecule has 0 saturated carbocycles. The number of nitrogens with zero attached hydrogens (tertiary/aromatic N) is 4. The highest BCUT2D eigenvalue weighted by Gasteiger charge is 2.52. The smallest absolute Gasteiger partial charge is 0.407 e. The molecule has 4 amide bonds. The van der Waals surface area contributed by atoms with Crippen molar-refractivity contribution >= 4 is 45.8 Å². The zero-order valence-electron chi connectivity index (χ0n) is 37.4. The van der Waals surface area contributed by atoms with Gasteiger partial charge in [-0.05, 0) is 111 Å². The van der Waals surface area contributed by atoms with Crippen LogP contribution in [0.1, 0.15) is 109 Å². The Labute approximate surface area is 371 Å². The van der Waals surface area contributed by atoms with Gasteiger partial charge < -0.3 is 49.8 Å². The van der Waals surface area contributed by atoms with Gasteiger partial charge in [-0.1, -0.05) is 39.0 Å². The second kappa shape index (κ2) is 17.1. The summed E-state index contributed by atoms with van der Waals surface area (Å²) >= 11 is 0. The number of rotatable bonds is 10. The number of amides is 4. The normalized spacial score (nSPS) is 22.5. The lowest BCUT2D eigenvalue weighted by molar-refractivity contribution is -0.162. The zero-order valence-corrected chi connectivity index (χ0v) is 37.4. The molecule has 2 aromatic heterocycles. The number of primary amides is 1. The van der Waals surface area contributed by atoms with Crippen molar-refractivity contribution in [3.8, 4) is 28.1 Å². The number of aromatic amines is 2. The van der Waals surface area contributed by atoms with Crippen molar-refractivity contribution in [3.05, 3.63) is 65.9 Å². The molecule has 16 heteroatoms. The highest BCUT2D eigenvalue weighted by atomic mass is 16.6. The van der Waals surface area contributed by atoms with Crippen molar-refractivity contribution in [2.75, 3.05) is 20.3 Å². The van der Waals surface area contributed by atoms with Crippen LogP contribution in [0.5, 0.6) is 5.75 Å². The van der Waals surface area contributed by atoms with Gasteiger partial charge in [0.1, 0.15) is 30.0 Å². The van der Waals surface area contributed by atoms with Crippen LogP contribution < -0.4 is 15.8 Å². The maximum Gasteiger partial charge on any atom is 0.407 e. The third-order valence-corrected chi connectivity index (χ3v) is 14.2. The lowest BCUT2D eigenvalue weighted by atomic mass is 9.81. The molecular formula is C48H58N8O8. The summed E-state index contributed by atoms with van der Waals surface area (Å²) in [6, 6.07) is 13.2. The van der Waals surface area contributed by atoms with Crippen molar-refractivity contribution < 1.29 is 38.1 Å². The average molecular weight is 875 g/mol. The van der Waals surface area contributed by atoms with E-state index in [0.717, 1.165) is 81.2 Å². The Morgan fingerprint density at radius 1 is 0.953 bits per heavy atom. The maximum atomic E-state index is 14.5. The predicted molar refractivity (Wildman–Crippen MR) is 239 cm³/mol. The number of ether oxygens (including phenoxy) is 4. The lowest BCUT2D eigenvalue weighted by Gasteiger charge is -2.41. The van der Waals surface area contributed by atoms with Crippen LogP contribution in [0, 0.1) is 11.8 Å². The van der Waals surface area contributed by atoms with Gasteiger partial charge in [0.2, 0.25) is 5.91 Å². The SMILES string of the molecule is CC[C@H]1CC[C@@H](c2ncc(-c3ccc4c(c3)COc3cc5c(ccc6[nH]c([C@@H]7CC[C@H](C)N7C(=O)C(C)(OC(N)=O)C7CCOCC7)nc65)cc3-4)[nH]2)N1C(=O)C(NC(=O)OC)C(C)C. The van der Waals surface area contributed by atoms with E-state index < -0.39 is 23.8 Å². The number of hydrogen-bond donors (Lipinski definition) is 4. The molecule has 0 bridgehead atoms. The van der Waals surface area contributed by atoms with Crippen LogP contribution in [0.4, 0.5) is 9.59 Å². The van der Waals surface area contributed by atoms with Gasteiger partial charge in [-0.3, -0.25) is 9.59 Å². The monoisotopic (exact) mass is 874 g/mol. The fourth-order valence-corrected chi connectivity index (χ4v) is 10.6.